The van der Waals surface area contributed by atoms with Gasteiger partial charge in [0.05, 0.1) is 11.2 Å². The number of aromatic nitrogens is 1. The molecule has 2 rings (SSSR count). The molecule has 0 saturated heterocycles. The van der Waals surface area contributed by atoms with E-state index in [0.717, 1.165) is 5.92 Å². The Morgan fingerprint density at radius 2 is 2.11 bits per heavy atom. The van der Waals surface area contributed by atoms with Gasteiger partial charge in [0, 0.05) is 10.9 Å². The van der Waals surface area contributed by atoms with Crippen LogP contribution in [0.3, 0.4) is 0 Å². The molecule has 0 amide bonds. The highest BCUT2D eigenvalue weighted by atomic mass is 32.1. The second kappa shape index (κ2) is 5.92. The second-order valence-electron chi connectivity index (χ2n) is 6.28. The van der Waals surface area contributed by atoms with Gasteiger partial charge in [-0.3, -0.25) is 0 Å². The van der Waals surface area contributed by atoms with Gasteiger partial charge in [-0.2, -0.15) is 0 Å². The van der Waals surface area contributed by atoms with Crippen LogP contribution in [0.1, 0.15) is 68.5 Å². The monoisotopic (exact) mass is 280 g/mol. The lowest BCUT2D eigenvalue weighted by Gasteiger charge is -2.44. The van der Waals surface area contributed by atoms with Gasteiger partial charge in [-0.1, -0.05) is 26.2 Å². The number of thiazole rings is 1. The lowest BCUT2D eigenvalue weighted by Crippen LogP contribution is -2.52. The molecular formula is C16H28N2S. The molecule has 3 heteroatoms. The zero-order valence-electron chi connectivity index (χ0n) is 13.0. The summed E-state index contributed by atoms with van der Waals surface area (Å²) < 4.78 is 0. The smallest absolute Gasteiger partial charge is 0.114 e. The molecular weight excluding hydrogens is 252 g/mol. The standard InChI is InChI=1S/C16H28N2S/c1-6-14-9-7-8-10-16(14,18-11(2)3)15-17-12(4)13(5)19-15/h11,14,18H,6-10H2,1-5H3. The maximum absolute atomic E-state index is 4.91. The van der Waals surface area contributed by atoms with E-state index in [4.69, 9.17) is 4.98 Å². The molecule has 1 aromatic rings. The molecule has 0 bridgehead atoms. The molecule has 1 heterocycles. The van der Waals surface area contributed by atoms with Crippen LogP contribution < -0.4 is 5.32 Å². The number of nitrogens with one attached hydrogen (secondary N) is 1. The van der Waals surface area contributed by atoms with Gasteiger partial charge in [0.1, 0.15) is 5.01 Å². The fourth-order valence-electron chi connectivity index (χ4n) is 3.51. The first-order valence-electron chi connectivity index (χ1n) is 7.71. The Balaban J connectivity index is 2.43. The molecule has 1 aliphatic carbocycles. The Morgan fingerprint density at radius 3 is 2.63 bits per heavy atom. The van der Waals surface area contributed by atoms with E-state index in [1.807, 2.05) is 11.3 Å². The van der Waals surface area contributed by atoms with Crippen LogP contribution in [-0.4, -0.2) is 11.0 Å². The minimum atomic E-state index is 0.130. The van der Waals surface area contributed by atoms with Crippen LogP contribution in [0.25, 0.3) is 0 Å². The van der Waals surface area contributed by atoms with Crippen LogP contribution in [-0.2, 0) is 5.54 Å². The zero-order chi connectivity index (χ0) is 14.0. The highest BCUT2D eigenvalue weighted by Gasteiger charge is 2.43. The van der Waals surface area contributed by atoms with Crippen molar-refractivity contribution in [3.8, 4) is 0 Å². The van der Waals surface area contributed by atoms with E-state index in [1.165, 1.54) is 47.7 Å². The van der Waals surface area contributed by atoms with Crippen LogP contribution in [0.4, 0.5) is 0 Å². The minimum absolute atomic E-state index is 0.130. The maximum atomic E-state index is 4.91. The van der Waals surface area contributed by atoms with Crippen LogP contribution >= 0.6 is 11.3 Å². The highest BCUT2D eigenvalue weighted by Crippen LogP contribution is 2.45. The average molecular weight is 280 g/mol. The van der Waals surface area contributed by atoms with Crippen molar-refractivity contribution in [1.82, 2.24) is 10.3 Å². The van der Waals surface area contributed by atoms with E-state index < -0.39 is 0 Å². The summed E-state index contributed by atoms with van der Waals surface area (Å²) in [6.07, 6.45) is 6.54. The van der Waals surface area contributed by atoms with Gasteiger partial charge in [0.2, 0.25) is 0 Å². The summed E-state index contributed by atoms with van der Waals surface area (Å²) in [5.74, 6) is 0.730. The van der Waals surface area contributed by atoms with Crippen molar-refractivity contribution < 1.29 is 0 Å². The van der Waals surface area contributed by atoms with Crippen LogP contribution in [0.5, 0.6) is 0 Å². The van der Waals surface area contributed by atoms with E-state index >= 15 is 0 Å². The molecule has 108 valence electrons. The first kappa shape index (κ1) is 15.0. The van der Waals surface area contributed by atoms with E-state index in [9.17, 15) is 0 Å². The number of hydrogen-bond acceptors (Lipinski definition) is 3. The summed E-state index contributed by atoms with van der Waals surface area (Å²) in [6, 6.07) is 0.511. The third-order valence-electron chi connectivity index (χ3n) is 4.52. The molecule has 2 atom stereocenters. The maximum Gasteiger partial charge on any atom is 0.114 e. The molecule has 2 nitrogen and oxygen atoms in total. The van der Waals surface area contributed by atoms with Crippen molar-refractivity contribution in [3.05, 3.63) is 15.6 Å². The summed E-state index contributed by atoms with van der Waals surface area (Å²) in [5.41, 5.74) is 1.34. The molecule has 1 N–H and O–H groups in total. The third kappa shape index (κ3) is 2.87. The molecule has 2 unspecified atom stereocenters. The molecule has 0 aliphatic heterocycles. The average Bonchev–Trinajstić information content (AvgIpc) is 2.70. The van der Waals surface area contributed by atoms with Gasteiger partial charge < -0.3 is 5.32 Å². The molecule has 1 aliphatic rings. The number of nitrogens with zero attached hydrogens (tertiary/aromatic N) is 1. The van der Waals surface area contributed by atoms with Gasteiger partial charge in [0.15, 0.2) is 0 Å². The summed E-state index contributed by atoms with van der Waals surface area (Å²) in [5, 5.41) is 5.24. The molecule has 19 heavy (non-hydrogen) atoms. The number of aryl methyl sites for hydroxylation is 2. The van der Waals surface area contributed by atoms with E-state index in [0.29, 0.717) is 6.04 Å². The van der Waals surface area contributed by atoms with E-state index in [1.54, 1.807) is 0 Å². The van der Waals surface area contributed by atoms with Crippen molar-refractivity contribution in [2.45, 2.75) is 78.3 Å². The van der Waals surface area contributed by atoms with Gasteiger partial charge in [-0.15, -0.1) is 11.3 Å². The quantitative estimate of drug-likeness (QED) is 0.875. The predicted octanol–water partition coefficient (Wildman–Crippen LogP) is 4.55. The topological polar surface area (TPSA) is 24.9 Å². The Kier molecular flexibility index (Phi) is 4.67. The van der Waals surface area contributed by atoms with Crippen molar-refractivity contribution in [3.63, 3.8) is 0 Å². The number of hydrogen-bond donors (Lipinski definition) is 1. The normalized spacial score (nSPS) is 28.0. The van der Waals surface area contributed by atoms with Gasteiger partial charge >= 0.3 is 0 Å². The van der Waals surface area contributed by atoms with Gasteiger partial charge in [-0.05, 0) is 46.5 Å². The summed E-state index contributed by atoms with van der Waals surface area (Å²) in [6.45, 7) is 11.2. The number of rotatable bonds is 4. The Hall–Kier alpha value is -0.410. The second-order valence-corrected chi connectivity index (χ2v) is 7.49. The summed E-state index contributed by atoms with van der Waals surface area (Å²) in [4.78, 5) is 6.29. The molecule has 1 fully saturated rings. The largest absolute Gasteiger partial charge is 0.303 e. The Morgan fingerprint density at radius 1 is 1.37 bits per heavy atom. The van der Waals surface area contributed by atoms with E-state index in [-0.39, 0.29) is 5.54 Å². The first-order chi connectivity index (χ1) is 8.99. The highest BCUT2D eigenvalue weighted by molar-refractivity contribution is 7.11. The molecule has 0 aromatic carbocycles. The van der Waals surface area contributed by atoms with Crippen molar-refractivity contribution in [1.29, 1.82) is 0 Å². The van der Waals surface area contributed by atoms with Crippen molar-refractivity contribution >= 4 is 11.3 Å². The zero-order valence-corrected chi connectivity index (χ0v) is 13.9. The summed E-state index contributed by atoms with van der Waals surface area (Å²) in [7, 11) is 0. The Labute approximate surface area is 122 Å². The predicted molar refractivity (Wildman–Crippen MR) is 83.8 cm³/mol. The van der Waals surface area contributed by atoms with E-state index in [2.05, 4.69) is 39.9 Å². The van der Waals surface area contributed by atoms with Crippen molar-refractivity contribution in [2.24, 2.45) is 5.92 Å². The molecule has 1 saturated carbocycles. The lowest BCUT2D eigenvalue weighted by atomic mass is 9.71. The van der Waals surface area contributed by atoms with Gasteiger partial charge in [-0.25, -0.2) is 4.98 Å². The van der Waals surface area contributed by atoms with Crippen LogP contribution in [0, 0.1) is 19.8 Å². The molecule has 0 spiro atoms. The van der Waals surface area contributed by atoms with Crippen molar-refractivity contribution in [2.75, 3.05) is 0 Å². The Bertz CT molecular complexity index is 405. The molecule has 0 radical (unpaired) electrons. The summed E-state index contributed by atoms with van der Waals surface area (Å²) >= 11 is 1.91. The van der Waals surface area contributed by atoms with Gasteiger partial charge in [0.25, 0.3) is 0 Å². The molecule has 1 aromatic heterocycles. The third-order valence-corrected chi connectivity index (χ3v) is 5.77. The minimum Gasteiger partial charge on any atom is -0.303 e. The van der Waals surface area contributed by atoms with Crippen LogP contribution in [0.15, 0.2) is 0 Å². The first-order valence-corrected chi connectivity index (χ1v) is 8.53. The lowest BCUT2D eigenvalue weighted by molar-refractivity contribution is 0.124. The fraction of sp³-hybridized carbons (Fsp3) is 0.812. The SMILES string of the molecule is CCC1CCCCC1(NC(C)C)c1nc(C)c(C)s1. The van der Waals surface area contributed by atoms with Crippen LogP contribution in [0.2, 0.25) is 0 Å². The fourth-order valence-corrected chi connectivity index (χ4v) is 4.69.